The highest BCUT2D eigenvalue weighted by Gasteiger charge is 2.19. The number of hydrogen-bond acceptors (Lipinski definition) is 6. The van der Waals surface area contributed by atoms with Gasteiger partial charge in [0.1, 0.15) is 34.1 Å². The lowest BCUT2D eigenvalue weighted by molar-refractivity contribution is 0.102. The van der Waals surface area contributed by atoms with Crippen LogP contribution in [-0.4, -0.2) is 17.5 Å². The number of thiophene rings is 1. The molecule has 5 nitrogen and oxygen atoms in total. The van der Waals surface area contributed by atoms with Crippen molar-refractivity contribution in [1.82, 2.24) is 4.98 Å². The molecule has 34 heavy (non-hydrogen) atoms. The molecule has 2 heterocycles. The minimum atomic E-state index is -0.276. The van der Waals surface area contributed by atoms with Gasteiger partial charge in [-0.1, -0.05) is 53.8 Å². The topological polar surface area (TPSA) is 75.0 Å². The molecule has 0 aliphatic heterocycles. The van der Waals surface area contributed by atoms with Crippen LogP contribution in [-0.2, 0) is 0 Å². The Labute approximate surface area is 210 Å². The summed E-state index contributed by atoms with van der Waals surface area (Å²) in [7, 11) is 0. The van der Waals surface area contributed by atoms with Gasteiger partial charge in [-0.2, -0.15) is 5.26 Å². The van der Waals surface area contributed by atoms with Crippen molar-refractivity contribution in [2.45, 2.75) is 0 Å². The first kappa shape index (κ1) is 23.5. The Balaban J connectivity index is 1.65. The van der Waals surface area contributed by atoms with Crippen molar-refractivity contribution in [1.29, 1.82) is 5.26 Å². The van der Waals surface area contributed by atoms with E-state index in [1.807, 2.05) is 41.8 Å². The van der Waals surface area contributed by atoms with Crippen LogP contribution in [0.4, 0.5) is 5.00 Å². The number of halogens is 1. The number of aromatic nitrogens is 1. The SMILES string of the molecule is C=CCOc1ccc(C=C(C#N)c2nc(-c3cccs3)c(NC(=O)c3ccc(Cl)cc3)s2)cc1. The van der Waals surface area contributed by atoms with Crippen LogP contribution in [0, 0.1) is 11.3 Å². The van der Waals surface area contributed by atoms with Crippen LogP contribution >= 0.6 is 34.3 Å². The molecule has 1 amide bonds. The number of benzene rings is 2. The van der Waals surface area contributed by atoms with Gasteiger partial charge in [-0.15, -0.1) is 11.3 Å². The van der Waals surface area contributed by atoms with Crippen molar-refractivity contribution in [2.24, 2.45) is 0 Å². The second kappa shape index (κ2) is 10.9. The summed E-state index contributed by atoms with van der Waals surface area (Å²) in [6.45, 7) is 4.06. The summed E-state index contributed by atoms with van der Waals surface area (Å²) in [5, 5.41) is 16.4. The molecule has 4 rings (SSSR count). The monoisotopic (exact) mass is 503 g/mol. The minimum absolute atomic E-state index is 0.276. The summed E-state index contributed by atoms with van der Waals surface area (Å²) >= 11 is 8.71. The van der Waals surface area contributed by atoms with Gasteiger partial charge in [0.2, 0.25) is 0 Å². The average Bonchev–Trinajstić information content (AvgIpc) is 3.52. The third kappa shape index (κ3) is 5.61. The molecule has 0 fully saturated rings. The Morgan fingerprint density at radius 2 is 1.94 bits per heavy atom. The maximum Gasteiger partial charge on any atom is 0.256 e. The summed E-state index contributed by atoms with van der Waals surface area (Å²) < 4.78 is 5.51. The van der Waals surface area contributed by atoms with E-state index in [9.17, 15) is 10.1 Å². The number of allylic oxidation sites excluding steroid dienone is 1. The quantitative estimate of drug-likeness (QED) is 0.201. The number of nitrogens with one attached hydrogen (secondary N) is 1. The van der Waals surface area contributed by atoms with Crippen molar-refractivity contribution in [3.8, 4) is 22.4 Å². The maximum absolute atomic E-state index is 12.8. The first-order valence-corrected chi connectivity index (χ1v) is 12.2. The molecule has 1 N–H and O–H groups in total. The zero-order valence-corrected chi connectivity index (χ0v) is 20.2. The number of carbonyl (C=O) groups excluding carboxylic acids is 1. The van der Waals surface area contributed by atoms with Crippen LogP contribution in [0.1, 0.15) is 20.9 Å². The Hall–Kier alpha value is -3.70. The number of anilines is 1. The number of hydrogen-bond donors (Lipinski definition) is 1. The third-order valence-electron chi connectivity index (χ3n) is 4.63. The molecule has 4 aromatic rings. The molecule has 0 atom stereocenters. The van der Waals surface area contributed by atoms with E-state index in [-0.39, 0.29) is 5.91 Å². The van der Waals surface area contributed by atoms with E-state index in [1.165, 1.54) is 22.7 Å². The number of amides is 1. The number of carbonyl (C=O) groups is 1. The van der Waals surface area contributed by atoms with Crippen LogP contribution in [0.2, 0.25) is 5.02 Å². The fourth-order valence-electron chi connectivity index (χ4n) is 3.00. The smallest absolute Gasteiger partial charge is 0.256 e. The van der Waals surface area contributed by atoms with E-state index < -0.39 is 0 Å². The van der Waals surface area contributed by atoms with Crippen LogP contribution in [0.3, 0.4) is 0 Å². The summed E-state index contributed by atoms with van der Waals surface area (Å²) in [6, 6.07) is 20.1. The highest BCUT2D eigenvalue weighted by atomic mass is 35.5. The van der Waals surface area contributed by atoms with Crippen molar-refractivity contribution in [3.63, 3.8) is 0 Å². The number of nitriles is 1. The predicted molar refractivity (Wildman–Crippen MR) is 140 cm³/mol. The van der Waals surface area contributed by atoms with Gasteiger partial charge in [0, 0.05) is 10.6 Å². The first-order valence-electron chi connectivity index (χ1n) is 10.1. The van der Waals surface area contributed by atoms with Gasteiger partial charge in [0.05, 0.1) is 10.5 Å². The van der Waals surface area contributed by atoms with E-state index in [4.69, 9.17) is 21.3 Å². The Morgan fingerprint density at radius 3 is 2.59 bits per heavy atom. The number of rotatable bonds is 8. The molecule has 0 spiro atoms. The summed E-state index contributed by atoms with van der Waals surface area (Å²) in [5.41, 5.74) is 2.34. The lowest BCUT2D eigenvalue weighted by atomic mass is 10.1. The molecular formula is C26H18ClN3O2S2. The van der Waals surface area contributed by atoms with Gasteiger partial charge in [-0.05, 0) is 59.5 Å². The van der Waals surface area contributed by atoms with Crippen LogP contribution in [0.25, 0.3) is 22.2 Å². The van der Waals surface area contributed by atoms with Crippen LogP contribution in [0.15, 0.2) is 78.7 Å². The summed E-state index contributed by atoms with van der Waals surface area (Å²) in [4.78, 5) is 18.4. The molecule has 0 aliphatic carbocycles. The van der Waals surface area contributed by atoms with E-state index >= 15 is 0 Å². The highest BCUT2D eigenvalue weighted by Crippen LogP contribution is 2.38. The number of nitrogens with zero attached hydrogens (tertiary/aromatic N) is 2. The van der Waals surface area contributed by atoms with E-state index in [1.54, 1.807) is 36.4 Å². The summed E-state index contributed by atoms with van der Waals surface area (Å²) in [5.74, 6) is 0.444. The molecule has 0 saturated heterocycles. The van der Waals surface area contributed by atoms with E-state index in [0.717, 1.165) is 16.2 Å². The Bertz CT molecular complexity index is 1370. The number of thiazole rings is 1. The van der Waals surface area contributed by atoms with E-state index in [0.29, 0.717) is 38.5 Å². The fourth-order valence-corrected chi connectivity index (χ4v) is 4.85. The second-order valence-electron chi connectivity index (χ2n) is 6.97. The molecule has 2 aromatic carbocycles. The van der Waals surface area contributed by atoms with Crippen molar-refractivity contribution >= 4 is 56.8 Å². The molecule has 0 saturated carbocycles. The number of ether oxygens (including phenoxy) is 1. The van der Waals surface area contributed by atoms with Gasteiger partial charge in [-0.25, -0.2) is 4.98 Å². The Morgan fingerprint density at radius 1 is 1.18 bits per heavy atom. The standard InChI is InChI=1S/C26H18ClN3O2S2/c1-2-13-32-21-11-5-17(6-12-21)15-19(16-28)25-29-23(22-4-3-14-33-22)26(34-25)30-24(31)18-7-9-20(27)10-8-18/h2-12,14-15H,1,13H2,(H,30,31). The highest BCUT2D eigenvalue weighted by molar-refractivity contribution is 7.19. The van der Waals surface area contributed by atoms with Gasteiger partial charge in [0.25, 0.3) is 5.91 Å². The lowest BCUT2D eigenvalue weighted by Gasteiger charge is -2.04. The molecule has 0 aliphatic rings. The van der Waals surface area contributed by atoms with Gasteiger partial charge >= 0.3 is 0 Å². The molecule has 0 unspecified atom stereocenters. The van der Waals surface area contributed by atoms with Gasteiger partial charge in [0.15, 0.2) is 0 Å². The van der Waals surface area contributed by atoms with Gasteiger partial charge in [-0.3, -0.25) is 4.79 Å². The molecular weight excluding hydrogens is 486 g/mol. The van der Waals surface area contributed by atoms with Gasteiger partial charge < -0.3 is 10.1 Å². The summed E-state index contributed by atoms with van der Waals surface area (Å²) in [6.07, 6.45) is 3.44. The predicted octanol–water partition coefficient (Wildman–Crippen LogP) is 7.41. The first-order chi connectivity index (χ1) is 16.6. The molecule has 0 radical (unpaired) electrons. The average molecular weight is 504 g/mol. The van der Waals surface area contributed by atoms with Crippen molar-refractivity contribution in [3.05, 3.63) is 99.9 Å². The molecule has 8 heteroatoms. The van der Waals surface area contributed by atoms with Crippen molar-refractivity contribution in [2.75, 3.05) is 11.9 Å². The zero-order valence-electron chi connectivity index (χ0n) is 17.8. The minimum Gasteiger partial charge on any atom is -0.490 e. The molecule has 0 bridgehead atoms. The zero-order chi connectivity index (χ0) is 23.9. The fraction of sp³-hybridized carbons (Fsp3) is 0.0385. The Kier molecular flexibility index (Phi) is 7.55. The van der Waals surface area contributed by atoms with Crippen molar-refractivity contribution < 1.29 is 9.53 Å². The van der Waals surface area contributed by atoms with Crippen LogP contribution in [0.5, 0.6) is 5.75 Å². The largest absolute Gasteiger partial charge is 0.490 e. The van der Waals surface area contributed by atoms with Crippen LogP contribution < -0.4 is 10.1 Å². The maximum atomic E-state index is 12.8. The molecule has 168 valence electrons. The normalized spacial score (nSPS) is 11.0. The second-order valence-corrected chi connectivity index (χ2v) is 9.36. The molecule has 2 aromatic heterocycles. The van der Waals surface area contributed by atoms with E-state index in [2.05, 4.69) is 18.0 Å². The lowest BCUT2D eigenvalue weighted by Crippen LogP contribution is -2.11. The third-order valence-corrected chi connectivity index (χ3v) is 6.76.